The van der Waals surface area contributed by atoms with Crippen LogP contribution in [0.3, 0.4) is 0 Å². The second-order valence-corrected chi connectivity index (χ2v) is 14.6. The van der Waals surface area contributed by atoms with E-state index in [1.807, 2.05) is 13.8 Å². The van der Waals surface area contributed by atoms with E-state index in [4.69, 9.17) is 4.74 Å². The molecular formula is C29H48NPTi. The van der Waals surface area contributed by atoms with Gasteiger partial charge in [-0.2, -0.15) is 0 Å². The van der Waals surface area contributed by atoms with Crippen molar-refractivity contribution >= 4 is 7.05 Å². The summed E-state index contributed by atoms with van der Waals surface area (Å²) < 4.78 is 5.89. The Morgan fingerprint density at radius 1 is 0.719 bits per heavy atom. The fraction of sp³-hybridized carbons (Fsp3) is 0.724. The van der Waals surface area contributed by atoms with E-state index >= 15 is 0 Å². The minimum atomic E-state index is -1.25. The van der Waals surface area contributed by atoms with Gasteiger partial charge in [0.25, 0.3) is 0 Å². The molecule has 0 bridgehead atoms. The van der Waals surface area contributed by atoms with Gasteiger partial charge in [0.2, 0.25) is 0 Å². The van der Waals surface area contributed by atoms with Crippen LogP contribution in [0.4, 0.5) is 0 Å². The quantitative estimate of drug-likeness (QED) is 0.207. The van der Waals surface area contributed by atoms with Crippen molar-refractivity contribution < 1.29 is 21.7 Å². The van der Waals surface area contributed by atoms with Gasteiger partial charge >= 0.3 is 0 Å². The van der Waals surface area contributed by atoms with E-state index in [0.717, 1.165) is 34.5 Å². The van der Waals surface area contributed by atoms with Gasteiger partial charge in [-0.3, -0.25) is 4.74 Å². The molecule has 0 radical (unpaired) electrons. The molecule has 0 saturated heterocycles. The van der Waals surface area contributed by atoms with Crippen LogP contribution < -0.4 is 0 Å². The Balaban J connectivity index is 0.000000461. The molecular weight excluding hydrogens is 441 g/mol. The van der Waals surface area contributed by atoms with Gasteiger partial charge in [-0.15, -0.1) is 0 Å². The standard InChI is InChI=1S/C23H38NP.C6H10.Ti/c1-4-14-21(15-5-1)25(22-16-6-2-7-17-22,23-18-8-3-9-19-23)24-20-12-10-11-13-20;1-5(2)6(3)4;/h10-12,21-23H,1-9,13-19H2;1,3H2,2,4H3;. The summed E-state index contributed by atoms with van der Waals surface area (Å²) in [6.45, 7) is 11.2. The molecule has 0 N–H and O–H groups in total. The third-order valence-corrected chi connectivity index (χ3v) is 13.9. The van der Waals surface area contributed by atoms with Crippen LogP contribution in [0.5, 0.6) is 0 Å². The Hall–Kier alpha value is -0.0957. The van der Waals surface area contributed by atoms with Crippen LogP contribution in [-0.2, 0) is 21.7 Å². The van der Waals surface area contributed by atoms with Crippen LogP contribution >= 0.6 is 7.05 Å². The average molecular weight is 490 g/mol. The van der Waals surface area contributed by atoms with Crippen molar-refractivity contribution in [2.45, 2.75) is 134 Å². The van der Waals surface area contributed by atoms with Gasteiger partial charge in [0.05, 0.1) is 0 Å². The number of hydrogen-bond acceptors (Lipinski definition) is 1. The van der Waals surface area contributed by atoms with Crippen LogP contribution in [0.2, 0.25) is 0 Å². The van der Waals surface area contributed by atoms with E-state index < -0.39 is 7.05 Å². The molecule has 178 valence electrons. The molecule has 0 amide bonds. The van der Waals surface area contributed by atoms with Gasteiger partial charge < -0.3 is 0 Å². The Morgan fingerprint density at radius 3 is 1.38 bits per heavy atom. The molecule has 0 aromatic rings. The number of allylic oxidation sites excluding steroid dienone is 5. The minimum Gasteiger partial charge on any atom is -0.271 e. The zero-order valence-corrected chi connectivity index (χ0v) is 23.5. The first-order chi connectivity index (χ1) is 15.0. The van der Waals surface area contributed by atoms with E-state index in [0.29, 0.717) is 0 Å². The Labute approximate surface area is 214 Å². The molecule has 32 heavy (non-hydrogen) atoms. The molecule has 1 nitrogen and oxygen atoms in total. The Kier molecular flexibility index (Phi) is 12.6. The first-order valence-corrected chi connectivity index (χ1v) is 15.3. The van der Waals surface area contributed by atoms with E-state index in [-0.39, 0.29) is 21.7 Å². The predicted octanol–water partition coefficient (Wildman–Crippen LogP) is 10.2. The fourth-order valence-corrected chi connectivity index (χ4v) is 12.8. The second-order valence-electron chi connectivity index (χ2n) is 10.6. The molecule has 4 aliphatic rings. The molecule has 0 heterocycles. The molecule has 3 fully saturated rings. The zero-order chi connectivity index (χ0) is 22.1. The number of nitrogens with zero attached hydrogens (tertiary/aromatic N) is 1. The molecule has 4 aliphatic carbocycles. The zero-order valence-electron chi connectivity index (χ0n) is 21.1. The van der Waals surface area contributed by atoms with Crippen molar-refractivity contribution in [3.63, 3.8) is 0 Å². The molecule has 0 aliphatic heterocycles. The molecule has 4 rings (SSSR count). The van der Waals surface area contributed by atoms with Crippen molar-refractivity contribution in [1.29, 1.82) is 0 Å². The maximum atomic E-state index is 5.89. The SMILES string of the molecule is C1=CCC(N=P(C2CCCCC2)(C2CCCCC2)C2CCCCC2)=C1.C=C(C)C(=C)C.[Ti]. The topological polar surface area (TPSA) is 12.4 Å². The van der Waals surface area contributed by atoms with Gasteiger partial charge in [0.15, 0.2) is 0 Å². The summed E-state index contributed by atoms with van der Waals surface area (Å²) >= 11 is 0. The summed E-state index contributed by atoms with van der Waals surface area (Å²) in [5.74, 6) is 0. The largest absolute Gasteiger partial charge is 0.271 e. The fourth-order valence-electron chi connectivity index (χ4n) is 6.36. The predicted molar refractivity (Wildman–Crippen MR) is 141 cm³/mol. The van der Waals surface area contributed by atoms with Crippen molar-refractivity contribution in [1.82, 2.24) is 0 Å². The third kappa shape index (κ3) is 7.45. The van der Waals surface area contributed by atoms with Crippen molar-refractivity contribution in [2.75, 3.05) is 0 Å². The van der Waals surface area contributed by atoms with Gasteiger partial charge in [-0.05, 0) is 82.5 Å². The number of hydrogen-bond donors (Lipinski definition) is 0. The van der Waals surface area contributed by atoms with Crippen LogP contribution in [0.25, 0.3) is 0 Å². The average Bonchev–Trinajstić information content (AvgIpc) is 3.33. The van der Waals surface area contributed by atoms with Gasteiger partial charge in [-0.25, -0.2) is 0 Å². The van der Waals surface area contributed by atoms with Crippen LogP contribution in [-0.4, -0.2) is 17.0 Å². The molecule has 0 unspecified atom stereocenters. The third-order valence-electron chi connectivity index (χ3n) is 8.26. The van der Waals surface area contributed by atoms with E-state index in [9.17, 15) is 0 Å². The molecule has 0 atom stereocenters. The maximum Gasteiger partial charge on any atom is 0.0425 e. The molecule has 3 heteroatoms. The summed E-state index contributed by atoms with van der Waals surface area (Å²) in [6, 6.07) is 0. The summed E-state index contributed by atoms with van der Waals surface area (Å²) in [4.78, 5) is 0. The van der Waals surface area contributed by atoms with Crippen LogP contribution in [0.15, 0.2) is 53.0 Å². The number of rotatable bonds is 5. The Bertz CT molecular complexity index is 649. The van der Waals surface area contributed by atoms with Crippen molar-refractivity contribution in [2.24, 2.45) is 4.74 Å². The summed E-state index contributed by atoms with van der Waals surface area (Å²) in [5.41, 5.74) is 6.52. The minimum absolute atomic E-state index is 0. The molecule has 0 spiro atoms. The monoisotopic (exact) mass is 489 g/mol. The summed E-state index contributed by atoms with van der Waals surface area (Å²) in [5, 5.41) is 0. The maximum absolute atomic E-state index is 5.89. The molecule has 3 saturated carbocycles. The van der Waals surface area contributed by atoms with Crippen LogP contribution in [0.1, 0.15) is 117 Å². The Morgan fingerprint density at radius 2 is 1.09 bits per heavy atom. The van der Waals surface area contributed by atoms with E-state index in [2.05, 4.69) is 31.4 Å². The van der Waals surface area contributed by atoms with E-state index in [1.165, 1.54) is 102 Å². The van der Waals surface area contributed by atoms with Gasteiger partial charge in [0.1, 0.15) is 0 Å². The van der Waals surface area contributed by atoms with Crippen molar-refractivity contribution in [3.05, 3.63) is 48.2 Å². The first-order valence-electron chi connectivity index (χ1n) is 13.3. The molecule has 0 aromatic heterocycles. The van der Waals surface area contributed by atoms with Gasteiger partial charge in [-0.1, -0.05) is 94.2 Å². The van der Waals surface area contributed by atoms with E-state index in [1.54, 1.807) is 0 Å². The smallest absolute Gasteiger partial charge is 0.0425 e. The van der Waals surface area contributed by atoms with Crippen molar-refractivity contribution in [3.8, 4) is 0 Å². The first kappa shape index (κ1) is 28.1. The summed E-state index contributed by atoms with van der Waals surface area (Å²) in [7, 11) is -1.25. The van der Waals surface area contributed by atoms with Gasteiger partial charge in [0, 0.05) is 33.8 Å². The second kappa shape index (κ2) is 14.3. The van der Waals surface area contributed by atoms with Crippen LogP contribution in [0, 0.1) is 0 Å². The normalized spacial score (nSPS) is 22.9. The molecule has 0 aromatic carbocycles. The summed E-state index contributed by atoms with van der Waals surface area (Å²) in [6.07, 6.45) is 30.4.